The zero-order chi connectivity index (χ0) is 11.1. The van der Waals surface area contributed by atoms with E-state index >= 15 is 0 Å². The summed E-state index contributed by atoms with van der Waals surface area (Å²) in [4.78, 5) is 0. The molecule has 0 bridgehead atoms. The van der Waals surface area contributed by atoms with E-state index in [9.17, 15) is 0 Å². The van der Waals surface area contributed by atoms with Gasteiger partial charge in [0.25, 0.3) is 0 Å². The first-order chi connectivity index (χ1) is 7.24. The van der Waals surface area contributed by atoms with E-state index in [4.69, 9.17) is 0 Å². The van der Waals surface area contributed by atoms with Crippen LogP contribution in [0.4, 0.5) is 0 Å². The average molecular weight is 211 g/mol. The van der Waals surface area contributed by atoms with Crippen LogP contribution in [-0.4, -0.2) is 13.1 Å². The summed E-state index contributed by atoms with van der Waals surface area (Å²) in [5, 5.41) is 3.61. The molecular formula is C14H29N. The van der Waals surface area contributed by atoms with Crippen molar-refractivity contribution in [3.8, 4) is 0 Å². The second-order valence-corrected chi connectivity index (χ2v) is 5.65. The highest BCUT2D eigenvalue weighted by molar-refractivity contribution is 4.82. The molecule has 2 atom stereocenters. The third-order valence-corrected chi connectivity index (χ3v) is 3.71. The minimum atomic E-state index is 0.795. The van der Waals surface area contributed by atoms with Gasteiger partial charge < -0.3 is 5.32 Å². The first-order valence-electron chi connectivity index (χ1n) is 6.94. The minimum Gasteiger partial charge on any atom is -0.316 e. The molecule has 1 N–H and O–H groups in total. The van der Waals surface area contributed by atoms with E-state index in [2.05, 4.69) is 26.1 Å². The molecule has 0 heterocycles. The van der Waals surface area contributed by atoms with Gasteiger partial charge in [-0.3, -0.25) is 0 Å². The lowest BCUT2D eigenvalue weighted by Gasteiger charge is -2.37. The van der Waals surface area contributed by atoms with Gasteiger partial charge in [-0.25, -0.2) is 0 Å². The Bertz CT molecular complexity index is 153. The van der Waals surface area contributed by atoms with Crippen LogP contribution >= 0.6 is 0 Å². The number of hydrogen-bond donors (Lipinski definition) is 1. The molecule has 1 rings (SSSR count). The maximum absolute atomic E-state index is 3.61. The molecule has 0 aliphatic heterocycles. The van der Waals surface area contributed by atoms with Crippen molar-refractivity contribution in [1.82, 2.24) is 5.32 Å². The second kappa shape index (κ2) is 7.27. The van der Waals surface area contributed by atoms with Gasteiger partial charge in [-0.15, -0.1) is 0 Å². The van der Waals surface area contributed by atoms with Gasteiger partial charge in [-0.2, -0.15) is 0 Å². The molecule has 2 unspecified atom stereocenters. The van der Waals surface area contributed by atoms with Gasteiger partial charge in [0.15, 0.2) is 0 Å². The molecule has 0 aromatic rings. The lowest BCUT2D eigenvalue weighted by Crippen LogP contribution is -2.36. The van der Waals surface area contributed by atoms with Crippen LogP contribution in [0.15, 0.2) is 0 Å². The predicted octanol–water partition coefficient (Wildman–Crippen LogP) is 3.84. The van der Waals surface area contributed by atoms with Gasteiger partial charge in [0.05, 0.1) is 0 Å². The van der Waals surface area contributed by atoms with Crippen molar-refractivity contribution in [2.75, 3.05) is 13.1 Å². The Morgan fingerprint density at radius 1 is 1.13 bits per heavy atom. The van der Waals surface area contributed by atoms with E-state index in [0.29, 0.717) is 0 Å². The Balaban J connectivity index is 1.99. The lowest BCUT2D eigenvalue weighted by molar-refractivity contribution is 0.155. The van der Waals surface area contributed by atoms with Crippen molar-refractivity contribution in [3.05, 3.63) is 0 Å². The standard InChI is InChI=1S/C14H29N/c1-4-5-6-7-13-8-9-14(13)11-15-10-12(2)3/h12-15H,4-11H2,1-3H3. The molecule has 0 spiro atoms. The molecule has 1 aliphatic rings. The van der Waals surface area contributed by atoms with E-state index < -0.39 is 0 Å². The van der Waals surface area contributed by atoms with Crippen molar-refractivity contribution in [2.24, 2.45) is 17.8 Å². The highest BCUT2D eigenvalue weighted by Crippen LogP contribution is 2.37. The fourth-order valence-corrected chi connectivity index (χ4v) is 2.50. The van der Waals surface area contributed by atoms with Crippen LogP contribution in [0.25, 0.3) is 0 Å². The average Bonchev–Trinajstić information content (AvgIpc) is 2.17. The smallest absolute Gasteiger partial charge is 0.00178 e. The molecule has 1 saturated carbocycles. The number of hydrogen-bond acceptors (Lipinski definition) is 1. The summed E-state index contributed by atoms with van der Waals surface area (Å²) in [6, 6.07) is 0. The predicted molar refractivity (Wildman–Crippen MR) is 68.1 cm³/mol. The Morgan fingerprint density at radius 3 is 2.40 bits per heavy atom. The Labute approximate surface area is 96.0 Å². The molecule has 0 aromatic carbocycles. The van der Waals surface area contributed by atoms with E-state index in [0.717, 1.165) is 17.8 Å². The minimum absolute atomic E-state index is 0.795. The van der Waals surface area contributed by atoms with Gasteiger partial charge in [0.2, 0.25) is 0 Å². The van der Waals surface area contributed by atoms with E-state index in [-0.39, 0.29) is 0 Å². The third kappa shape index (κ3) is 5.01. The highest BCUT2D eigenvalue weighted by atomic mass is 14.9. The monoisotopic (exact) mass is 211 g/mol. The summed E-state index contributed by atoms with van der Waals surface area (Å²) in [5.74, 6) is 2.85. The maximum atomic E-state index is 3.61. The van der Waals surface area contributed by atoms with Crippen LogP contribution in [0.5, 0.6) is 0 Å². The molecule has 1 heteroatoms. The molecule has 0 saturated heterocycles. The van der Waals surface area contributed by atoms with Crippen molar-refractivity contribution in [1.29, 1.82) is 0 Å². The third-order valence-electron chi connectivity index (χ3n) is 3.71. The van der Waals surface area contributed by atoms with Gasteiger partial charge in [-0.1, -0.05) is 46.5 Å². The normalized spacial score (nSPS) is 25.6. The fourth-order valence-electron chi connectivity index (χ4n) is 2.50. The summed E-state index contributed by atoms with van der Waals surface area (Å²) in [5.41, 5.74) is 0. The quantitative estimate of drug-likeness (QED) is 0.602. The maximum Gasteiger partial charge on any atom is -0.00178 e. The summed E-state index contributed by atoms with van der Waals surface area (Å²) >= 11 is 0. The molecule has 1 nitrogen and oxygen atoms in total. The van der Waals surface area contributed by atoms with Gasteiger partial charge in [0, 0.05) is 0 Å². The van der Waals surface area contributed by atoms with Crippen molar-refractivity contribution in [2.45, 2.75) is 59.3 Å². The summed E-state index contributed by atoms with van der Waals surface area (Å²) < 4.78 is 0. The van der Waals surface area contributed by atoms with Gasteiger partial charge in [0.1, 0.15) is 0 Å². The zero-order valence-corrected chi connectivity index (χ0v) is 10.9. The highest BCUT2D eigenvalue weighted by Gasteiger charge is 2.29. The number of rotatable bonds is 8. The van der Waals surface area contributed by atoms with Gasteiger partial charge >= 0.3 is 0 Å². The van der Waals surface area contributed by atoms with Crippen LogP contribution in [-0.2, 0) is 0 Å². The van der Waals surface area contributed by atoms with E-state index in [1.807, 2.05) is 0 Å². The van der Waals surface area contributed by atoms with Crippen molar-refractivity contribution in [3.63, 3.8) is 0 Å². The molecule has 15 heavy (non-hydrogen) atoms. The summed E-state index contributed by atoms with van der Waals surface area (Å²) in [6.45, 7) is 9.33. The Hall–Kier alpha value is -0.0400. The number of nitrogens with one attached hydrogen (secondary N) is 1. The first-order valence-corrected chi connectivity index (χ1v) is 6.94. The summed E-state index contributed by atoms with van der Waals surface area (Å²) in [7, 11) is 0. The molecule has 1 aliphatic carbocycles. The van der Waals surface area contributed by atoms with E-state index in [1.165, 1.54) is 51.6 Å². The van der Waals surface area contributed by atoms with Crippen LogP contribution in [0, 0.1) is 17.8 Å². The molecule has 90 valence electrons. The van der Waals surface area contributed by atoms with Gasteiger partial charge in [-0.05, 0) is 43.7 Å². The van der Waals surface area contributed by atoms with Crippen LogP contribution in [0.1, 0.15) is 59.3 Å². The first kappa shape index (κ1) is 13.0. The van der Waals surface area contributed by atoms with Crippen LogP contribution < -0.4 is 5.32 Å². The fraction of sp³-hybridized carbons (Fsp3) is 1.00. The Morgan fingerprint density at radius 2 is 1.87 bits per heavy atom. The van der Waals surface area contributed by atoms with Crippen LogP contribution in [0.2, 0.25) is 0 Å². The zero-order valence-electron chi connectivity index (χ0n) is 10.9. The molecule has 0 amide bonds. The largest absolute Gasteiger partial charge is 0.316 e. The van der Waals surface area contributed by atoms with E-state index in [1.54, 1.807) is 0 Å². The Kier molecular flexibility index (Phi) is 6.31. The summed E-state index contributed by atoms with van der Waals surface area (Å²) in [6.07, 6.45) is 8.72. The second-order valence-electron chi connectivity index (χ2n) is 5.65. The van der Waals surface area contributed by atoms with Crippen LogP contribution in [0.3, 0.4) is 0 Å². The molecule has 0 radical (unpaired) electrons. The lowest BCUT2D eigenvalue weighted by atomic mass is 9.71. The van der Waals surface area contributed by atoms with Crippen molar-refractivity contribution >= 4 is 0 Å². The molecule has 0 aromatic heterocycles. The van der Waals surface area contributed by atoms with Crippen molar-refractivity contribution < 1.29 is 0 Å². The molecular weight excluding hydrogens is 182 g/mol. The topological polar surface area (TPSA) is 12.0 Å². The molecule has 1 fully saturated rings. The number of unbranched alkanes of at least 4 members (excludes halogenated alkanes) is 2. The SMILES string of the molecule is CCCCCC1CCC1CNCC(C)C.